The van der Waals surface area contributed by atoms with Crippen LogP contribution in [0.2, 0.25) is 0 Å². The summed E-state index contributed by atoms with van der Waals surface area (Å²) in [6.07, 6.45) is -0.978. The number of aromatic nitrogens is 1. The summed E-state index contributed by atoms with van der Waals surface area (Å²) in [5, 5.41) is 81.4. The number of benzene rings is 2. The average Bonchev–Trinajstić information content (AvgIpc) is 1.27. The number of carboxylic acid groups (broad SMARTS) is 5. The molecule has 12 amide bonds. The number of hydrogen-bond donors (Lipinski definition) is 17. The summed E-state index contributed by atoms with van der Waals surface area (Å²) in [5.41, 5.74) is 6.08. The smallest absolute Gasteiger partial charge is 0.426 e. The molecule has 1 aliphatic rings. The summed E-state index contributed by atoms with van der Waals surface area (Å²) >= 11 is 1.02. The van der Waals surface area contributed by atoms with Crippen molar-refractivity contribution in [2.24, 2.45) is 17.8 Å². The molecule has 4 rings (SSSR count). The zero-order valence-electron chi connectivity index (χ0n) is 69.8. The Morgan fingerprint density at radius 2 is 1.27 bits per heavy atom. The van der Waals surface area contributed by atoms with Gasteiger partial charge < -0.3 is 97.6 Å². The maximum atomic E-state index is 15.0. The van der Waals surface area contributed by atoms with Crippen molar-refractivity contribution in [3.05, 3.63) is 81.3 Å². The van der Waals surface area contributed by atoms with E-state index >= 15 is 4.79 Å². The molecule has 17 N–H and O–H groups in total. The number of ether oxygens (including phenoxy) is 3. The highest BCUT2D eigenvalue weighted by atomic mass is 33.1. The van der Waals surface area contributed by atoms with Gasteiger partial charge in [-0.25, -0.2) is 34.4 Å². The largest absolute Gasteiger partial charge is 0.508 e. The van der Waals surface area contributed by atoms with Crippen LogP contribution in [-0.4, -0.2) is 246 Å². The Kier molecular flexibility index (Phi) is 46.0. The molecule has 1 aliphatic heterocycles. The molecular weight excluding hydrogens is 1660 g/mol. The van der Waals surface area contributed by atoms with E-state index in [-0.39, 0.29) is 136 Å². The minimum Gasteiger partial charge on any atom is -0.508 e. The van der Waals surface area contributed by atoms with Gasteiger partial charge >= 0.3 is 59.9 Å². The van der Waals surface area contributed by atoms with Gasteiger partial charge in [-0.15, -0.1) is 11.3 Å². The number of carbonyl (C=O) groups excluding carboxylic acids is 12. The van der Waals surface area contributed by atoms with Gasteiger partial charge in [0.05, 0.1) is 25.3 Å². The van der Waals surface area contributed by atoms with Gasteiger partial charge in [-0.3, -0.25) is 67.9 Å². The topological polar surface area (TPSA) is 591 Å². The number of thiazole rings is 1. The zero-order valence-corrected chi connectivity index (χ0v) is 72.2. The number of likely N-dealkylation sites (tertiary alicyclic amines) is 1. The number of aliphatic carboxylic acids is 5. The predicted octanol–water partition coefficient (Wildman–Crippen LogP) is 4.61. The number of phenols is 1. The van der Waals surface area contributed by atoms with Crippen LogP contribution >= 0.6 is 32.9 Å². The molecule has 676 valence electrons. The molecule has 0 saturated carbocycles. The van der Waals surface area contributed by atoms with E-state index in [0.717, 1.165) is 30.7 Å². The second-order valence-corrected chi connectivity index (χ2v) is 33.4. The van der Waals surface area contributed by atoms with Crippen LogP contribution in [0.15, 0.2) is 53.9 Å². The fourth-order valence-corrected chi connectivity index (χ4v) is 15.6. The molecule has 0 spiro atoms. The Morgan fingerprint density at radius 1 is 0.648 bits per heavy atom. The number of hydrazine groups is 1. The molecular formula is C79H116N14O26S3. The molecule has 0 radical (unpaired) electrons. The number of piperidine rings is 1. The Balaban J connectivity index is 1.26. The van der Waals surface area contributed by atoms with Gasteiger partial charge in [-0.2, -0.15) is 0 Å². The molecule has 1 aromatic heterocycles. The number of unbranched alkanes of at least 4 members (excludes halogenated alkanes) is 1. The fourth-order valence-electron chi connectivity index (χ4n) is 12.6. The second kappa shape index (κ2) is 54.3. The number of aromatic hydroxyl groups is 1. The van der Waals surface area contributed by atoms with Gasteiger partial charge in [-0.1, -0.05) is 112 Å². The highest BCUT2D eigenvalue weighted by Gasteiger charge is 2.41. The van der Waals surface area contributed by atoms with E-state index < -0.39 is 181 Å². The Hall–Kier alpha value is -11.1. The van der Waals surface area contributed by atoms with Gasteiger partial charge in [0.1, 0.15) is 53.3 Å². The first kappa shape index (κ1) is 103. The lowest BCUT2D eigenvalue weighted by atomic mass is 9.92. The van der Waals surface area contributed by atoms with Crippen molar-refractivity contribution in [2.75, 3.05) is 45.0 Å². The van der Waals surface area contributed by atoms with Crippen LogP contribution in [0, 0.1) is 17.8 Å². The number of rotatable bonds is 54. The summed E-state index contributed by atoms with van der Waals surface area (Å²) in [5.74, 6) is -14.5. The van der Waals surface area contributed by atoms with E-state index in [2.05, 4.69) is 63.7 Å². The normalized spacial score (nSPS) is 15.2. The van der Waals surface area contributed by atoms with Crippen molar-refractivity contribution in [1.82, 2.24) is 73.5 Å². The molecule has 1 saturated heterocycles. The average molecular weight is 1770 g/mol. The summed E-state index contributed by atoms with van der Waals surface area (Å²) in [6.45, 7) is 13.8. The van der Waals surface area contributed by atoms with Gasteiger partial charge in [0.25, 0.3) is 5.91 Å². The van der Waals surface area contributed by atoms with Crippen molar-refractivity contribution < 1.29 is 126 Å². The summed E-state index contributed by atoms with van der Waals surface area (Å²) in [4.78, 5) is 226. The van der Waals surface area contributed by atoms with Crippen molar-refractivity contribution in [2.45, 2.75) is 238 Å². The minimum atomic E-state index is -1.76. The van der Waals surface area contributed by atoms with Gasteiger partial charge in [0, 0.05) is 80.2 Å². The number of urea groups is 2. The van der Waals surface area contributed by atoms with Crippen LogP contribution in [0.3, 0.4) is 0 Å². The van der Waals surface area contributed by atoms with Gasteiger partial charge in [-0.05, 0) is 125 Å². The van der Waals surface area contributed by atoms with Crippen LogP contribution in [0.5, 0.6) is 5.75 Å². The summed E-state index contributed by atoms with van der Waals surface area (Å²) < 4.78 is 16.8. The number of phenolic OH excluding ortho intramolecular Hbond substituents is 1. The fraction of sp³-hybridized carbons (Fsp3) is 0.595. The standard InChI is InChI=1S/C79H116N14O26S3/c1-10-17-66(103)118-43-93(74(109)67(45(5)11-2)89-72(108)59-20-13-15-31-92(59)9)60(44(3)4)39-61(119-48(8)94)73-86-58(42-120-73)71(107)83-52(35-49-26-28-53(95)29-27-49)34-46(6)68(104)90-91-79(116)117-32-33-121-122-41-47(7)82-69(105)57(38-65(101)102)85-70(106)56(37-64(99)100)84-62(96)36-50-22-24-51(25-23-50)40-81-77(114)80-30-14-12-18-54(75(110)111)87-78(115)88-55(76(112)113)19-16-21-63(97)98/h22-29,42,44-47,52,54-57,59-61,67,95H,10-21,30-41,43H2,1-9H3,(H,82,105)(H,83,107)(H,84,96)(H,85,106)(H,89,108)(H,90,104)(H,91,116)(H,97,98)(H,99,100)(H,101,102)(H,110,111)(H,112,113)(H2,80,81,114)(H2,87,88,115)/t45?,46-,47+,52+,54-,55-,56-,57-,59+,60+,61+,67-/m0/s1. The number of likely N-dealkylation sites (N-methyl/N-ethyl adjacent to an activating group) is 1. The molecule has 1 fully saturated rings. The van der Waals surface area contributed by atoms with Gasteiger partial charge in [0.15, 0.2) is 12.8 Å². The lowest BCUT2D eigenvalue weighted by Gasteiger charge is -2.39. The van der Waals surface area contributed by atoms with Crippen LogP contribution < -0.4 is 58.7 Å². The van der Waals surface area contributed by atoms with E-state index in [1.54, 1.807) is 38.1 Å². The lowest BCUT2D eigenvalue weighted by Crippen LogP contribution is -2.59. The molecule has 12 atom stereocenters. The Morgan fingerprint density at radius 3 is 1.87 bits per heavy atom. The highest BCUT2D eigenvalue weighted by molar-refractivity contribution is 8.76. The number of carboxylic acids is 5. The SMILES string of the molecule is CCCC(=O)OCN(C(=O)[C@@H](NC(=O)[C@H]1CCCCN1C)C(C)CC)[C@H](C[C@@H](OC(C)=O)c1nc(C(=O)N[C@@H](Cc2ccc(O)cc2)C[C@H](C)C(=O)NNC(=O)OCCSSC[C@@H](C)NC(=O)[C@H](CC(=O)O)NC(=O)[C@H](CC(=O)O)NC(=O)Cc2ccc(CNC(=O)NCCCC[C@H](NC(=O)N[C@@H](CCCC(=O)O)C(=O)O)C(=O)O)cc2)cs1)C(C)C. The third kappa shape index (κ3) is 39.2. The zero-order chi connectivity index (χ0) is 90.7. The summed E-state index contributed by atoms with van der Waals surface area (Å²) in [7, 11) is 4.31. The second-order valence-electron chi connectivity index (χ2n) is 29.9. The first-order valence-corrected chi connectivity index (χ1v) is 43.5. The number of amides is 12. The molecule has 122 heavy (non-hydrogen) atoms. The van der Waals surface area contributed by atoms with E-state index in [9.17, 15) is 102 Å². The Labute approximate surface area is 718 Å². The number of esters is 2. The molecule has 43 heteroatoms. The molecule has 0 bridgehead atoms. The number of nitrogens with zero attached hydrogens (tertiary/aromatic N) is 3. The molecule has 1 unspecified atom stereocenters. The van der Waals surface area contributed by atoms with Crippen LogP contribution in [0.4, 0.5) is 14.4 Å². The van der Waals surface area contributed by atoms with Crippen LogP contribution in [0.25, 0.3) is 0 Å². The van der Waals surface area contributed by atoms with Crippen LogP contribution in [0.1, 0.15) is 196 Å². The highest BCUT2D eigenvalue weighted by Crippen LogP contribution is 2.33. The third-order valence-electron chi connectivity index (χ3n) is 19.4. The predicted molar refractivity (Wildman–Crippen MR) is 445 cm³/mol. The number of carbonyl (C=O) groups is 17. The van der Waals surface area contributed by atoms with Crippen molar-refractivity contribution >= 4 is 134 Å². The van der Waals surface area contributed by atoms with E-state index in [0.29, 0.717) is 36.0 Å². The molecule has 2 aromatic carbocycles. The maximum Gasteiger partial charge on any atom is 0.426 e. The van der Waals surface area contributed by atoms with E-state index in [1.807, 2.05) is 46.6 Å². The molecule has 40 nitrogen and oxygen atoms in total. The maximum absolute atomic E-state index is 15.0. The number of nitrogens with one attached hydrogen (secondary N) is 11. The third-order valence-corrected chi connectivity index (χ3v) is 22.9. The molecule has 0 aliphatic carbocycles. The van der Waals surface area contributed by atoms with Crippen LogP contribution in [-0.2, 0) is 95.9 Å². The van der Waals surface area contributed by atoms with Crippen molar-refractivity contribution in [3.63, 3.8) is 0 Å². The molecule has 3 aromatic rings. The first-order chi connectivity index (χ1) is 57.8. The van der Waals surface area contributed by atoms with Crippen molar-refractivity contribution in [1.29, 1.82) is 0 Å². The lowest BCUT2D eigenvalue weighted by molar-refractivity contribution is -0.160. The molecule has 2 heterocycles. The van der Waals surface area contributed by atoms with Crippen molar-refractivity contribution in [3.8, 4) is 5.75 Å². The minimum absolute atomic E-state index is 0.000176. The Bertz CT molecular complexity index is 4010. The van der Waals surface area contributed by atoms with E-state index in [4.69, 9.17) is 19.3 Å². The van der Waals surface area contributed by atoms with E-state index in [1.165, 1.54) is 63.1 Å². The monoisotopic (exact) mass is 1770 g/mol. The first-order valence-electron chi connectivity index (χ1n) is 40.1. The van der Waals surface area contributed by atoms with Gasteiger partial charge in [0.2, 0.25) is 35.4 Å². The number of hydrogen-bond acceptors (Lipinski definition) is 26. The quantitative estimate of drug-likeness (QED) is 0.00915. The summed E-state index contributed by atoms with van der Waals surface area (Å²) in [6, 6.07) is 0.708.